The fourth-order valence-corrected chi connectivity index (χ4v) is 6.42. The Bertz CT molecular complexity index is 1400. The first-order valence-electron chi connectivity index (χ1n) is 11.0. The number of carbonyl (C=O) groups excluding carboxylic acids is 1. The smallest absolute Gasteiger partial charge is 0.239 e. The zero-order valence-electron chi connectivity index (χ0n) is 19.5. The average Bonchev–Trinajstić information content (AvgIpc) is 3.39. The highest BCUT2D eigenvalue weighted by molar-refractivity contribution is 8.00. The van der Waals surface area contributed by atoms with Gasteiger partial charge in [0.1, 0.15) is 5.75 Å². The van der Waals surface area contributed by atoms with E-state index in [0.29, 0.717) is 16.7 Å². The summed E-state index contributed by atoms with van der Waals surface area (Å²) in [7, 11) is -3.64. The minimum Gasteiger partial charge on any atom is -0.301 e. The lowest BCUT2D eigenvalue weighted by Crippen LogP contribution is -2.25. The zero-order chi connectivity index (χ0) is 25.0. The minimum absolute atomic E-state index is 0.188. The van der Waals surface area contributed by atoms with Crippen molar-refractivity contribution in [2.24, 2.45) is 0 Å². The summed E-state index contributed by atoms with van der Waals surface area (Å²) in [6, 6.07) is 17.6. The van der Waals surface area contributed by atoms with Gasteiger partial charge < -0.3 is 5.32 Å². The van der Waals surface area contributed by atoms with Crippen LogP contribution in [0.3, 0.4) is 0 Å². The molecular weight excluding hydrogens is 502 g/mol. The fraction of sp³-hybridized carbons (Fsp3) is 0.250. The van der Waals surface area contributed by atoms with Crippen molar-refractivity contribution in [3.63, 3.8) is 0 Å². The number of aryl methyl sites for hydroxylation is 2. The normalized spacial score (nSPS) is 12.4. The highest BCUT2D eigenvalue weighted by Crippen LogP contribution is 2.30. The summed E-state index contributed by atoms with van der Waals surface area (Å²) in [6.07, 6.45) is 0.541. The van der Waals surface area contributed by atoms with E-state index in [1.807, 2.05) is 51.1 Å². The Kier molecular flexibility index (Phi) is 7.68. The van der Waals surface area contributed by atoms with Crippen LogP contribution in [-0.2, 0) is 20.4 Å². The maximum Gasteiger partial charge on any atom is 0.239 e. The van der Waals surface area contributed by atoms with E-state index in [9.17, 15) is 13.2 Å². The van der Waals surface area contributed by atoms with Crippen LogP contribution in [0.2, 0.25) is 0 Å². The molecule has 182 valence electrons. The summed E-state index contributed by atoms with van der Waals surface area (Å²) in [5.41, 5.74) is 1.61. The Morgan fingerprint density at radius 1 is 1.06 bits per heavy atom. The van der Waals surface area contributed by atoms with Gasteiger partial charge in [0.05, 0.1) is 15.8 Å². The Morgan fingerprint density at radius 3 is 2.31 bits per heavy atom. The average molecular weight is 528 g/mol. The molecule has 0 aliphatic heterocycles. The first-order valence-corrected chi connectivity index (χ1v) is 14.3. The number of benzene rings is 2. The van der Waals surface area contributed by atoms with Crippen LogP contribution in [0.4, 0.5) is 5.13 Å². The van der Waals surface area contributed by atoms with Gasteiger partial charge in [-0.15, -0.1) is 21.5 Å². The molecule has 35 heavy (non-hydrogen) atoms. The van der Waals surface area contributed by atoms with Crippen molar-refractivity contribution in [1.29, 1.82) is 0 Å². The molecule has 2 aromatic heterocycles. The lowest BCUT2D eigenvalue weighted by molar-refractivity contribution is -0.115. The number of rotatable bonds is 9. The molecule has 0 fully saturated rings. The van der Waals surface area contributed by atoms with Crippen molar-refractivity contribution in [3.8, 4) is 5.69 Å². The van der Waals surface area contributed by atoms with E-state index >= 15 is 0 Å². The molecule has 0 bridgehead atoms. The van der Waals surface area contributed by atoms with Crippen molar-refractivity contribution in [2.75, 3.05) is 5.32 Å². The summed E-state index contributed by atoms with van der Waals surface area (Å²) < 4.78 is 27.8. The number of nitrogens with one attached hydrogen (secondary N) is 1. The highest BCUT2D eigenvalue weighted by atomic mass is 32.2. The van der Waals surface area contributed by atoms with Gasteiger partial charge in [0.15, 0.2) is 25.9 Å². The highest BCUT2D eigenvalue weighted by Gasteiger charge is 2.26. The van der Waals surface area contributed by atoms with Gasteiger partial charge in [-0.1, -0.05) is 55.1 Å². The molecule has 4 aromatic rings. The van der Waals surface area contributed by atoms with Crippen molar-refractivity contribution >= 4 is 44.0 Å². The first-order chi connectivity index (χ1) is 16.8. The van der Waals surface area contributed by atoms with Gasteiger partial charge in [0, 0.05) is 10.6 Å². The van der Waals surface area contributed by atoms with E-state index < -0.39 is 15.1 Å². The van der Waals surface area contributed by atoms with Gasteiger partial charge in [-0.2, -0.15) is 0 Å². The third-order valence-electron chi connectivity index (χ3n) is 5.31. The lowest BCUT2D eigenvalue weighted by atomic mass is 10.3. The number of thiazole rings is 1. The molecule has 0 spiro atoms. The van der Waals surface area contributed by atoms with Crippen LogP contribution in [0.25, 0.3) is 5.69 Å². The van der Waals surface area contributed by atoms with Gasteiger partial charge in [-0.3, -0.25) is 9.36 Å². The fourth-order valence-electron chi connectivity index (χ4n) is 3.35. The second-order valence-corrected chi connectivity index (χ2v) is 12.2. The molecule has 2 heterocycles. The molecule has 0 saturated heterocycles. The SMILES string of the molecule is CCC(Sc1nnc(CS(=O)(=O)c2ccccc2)n1-c1ccccc1)C(=O)Nc1nc(C)c(C)s1. The number of para-hydroxylation sites is 1. The summed E-state index contributed by atoms with van der Waals surface area (Å²) in [5, 5.41) is 11.9. The molecule has 8 nitrogen and oxygen atoms in total. The molecule has 1 N–H and O–H groups in total. The number of amides is 1. The molecule has 2 aromatic carbocycles. The van der Waals surface area contributed by atoms with Crippen LogP contribution < -0.4 is 5.32 Å². The van der Waals surface area contributed by atoms with Crippen molar-refractivity contribution in [2.45, 2.75) is 48.2 Å². The molecule has 1 unspecified atom stereocenters. The Labute approximate surface area is 212 Å². The number of hydrogen-bond donors (Lipinski definition) is 1. The standard InChI is InChI=1S/C24H25N5O3S3/c1-4-20(22(30)26-23-25-16(2)17(3)33-23)34-24-28-27-21(29(24)18-11-7-5-8-12-18)15-35(31,32)19-13-9-6-10-14-19/h5-14,20H,4,15H2,1-3H3,(H,25,26,30). The first kappa shape index (κ1) is 25.1. The number of thioether (sulfide) groups is 1. The summed E-state index contributed by atoms with van der Waals surface area (Å²) >= 11 is 2.68. The van der Waals surface area contributed by atoms with Crippen molar-refractivity contribution in [3.05, 3.63) is 77.1 Å². The third-order valence-corrected chi connectivity index (χ3v) is 9.23. The lowest BCUT2D eigenvalue weighted by Gasteiger charge is -2.15. The number of carbonyl (C=O) groups is 1. The predicted molar refractivity (Wildman–Crippen MR) is 139 cm³/mol. The zero-order valence-corrected chi connectivity index (χ0v) is 22.0. The largest absolute Gasteiger partial charge is 0.301 e. The third kappa shape index (κ3) is 5.80. The molecule has 11 heteroatoms. The number of sulfone groups is 1. The monoisotopic (exact) mass is 527 g/mol. The van der Waals surface area contributed by atoms with Crippen molar-refractivity contribution < 1.29 is 13.2 Å². The summed E-state index contributed by atoms with van der Waals surface area (Å²) in [6.45, 7) is 5.78. The molecule has 4 rings (SSSR count). The number of hydrogen-bond acceptors (Lipinski definition) is 8. The van der Waals surface area contributed by atoms with Crippen LogP contribution >= 0.6 is 23.1 Å². The van der Waals surface area contributed by atoms with Crippen LogP contribution in [-0.4, -0.2) is 39.3 Å². The molecule has 0 radical (unpaired) electrons. The van der Waals surface area contributed by atoms with Crippen LogP contribution in [0.15, 0.2) is 70.7 Å². The maximum absolute atomic E-state index is 13.1. The number of anilines is 1. The Hall–Kier alpha value is -3.02. The maximum atomic E-state index is 13.1. The van der Waals surface area contributed by atoms with E-state index in [-0.39, 0.29) is 22.4 Å². The quantitative estimate of drug-likeness (QED) is 0.311. The van der Waals surface area contributed by atoms with Crippen LogP contribution in [0.5, 0.6) is 0 Å². The van der Waals surface area contributed by atoms with Gasteiger partial charge in [-0.05, 0) is 44.5 Å². The van der Waals surface area contributed by atoms with E-state index in [1.54, 1.807) is 34.9 Å². The molecule has 0 aliphatic carbocycles. The van der Waals surface area contributed by atoms with Gasteiger partial charge in [-0.25, -0.2) is 13.4 Å². The molecule has 0 saturated carbocycles. The van der Waals surface area contributed by atoms with Crippen molar-refractivity contribution in [1.82, 2.24) is 19.7 Å². The van der Waals surface area contributed by atoms with E-state index in [0.717, 1.165) is 16.3 Å². The molecule has 0 aliphatic rings. The summed E-state index contributed by atoms with van der Waals surface area (Å²) in [4.78, 5) is 18.7. The second kappa shape index (κ2) is 10.7. The Balaban J connectivity index is 1.64. The van der Waals surface area contributed by atoms with Gasteiger partial charge in [0.2, 0.25) is 5.91 Å². The topological polar surface area (TPSA) is 107 Å². The number of aromatic nitrogens is 4. The van der Waals surface area contributed by atoms with Crippen LogP contribution in [0.1, 0.15) is 29.7 Å². The van der Waals surface area contributed by atoms with E-state index in [1.165, 1.54) is 23.1 Å². The van der Waals surface area contributed by atoms with Gasteiger partial charge in [0.25, 0.3) is 0 Å². The van der Waals surface area contributed by atoms with E-state index in [4.69, 9.17) is 0 Å². The van der Waals surface area contributed by atoms with Crippen LogP contribution in [0, 0.1) is 13.8 Å². The Morgan fingerprint density at radius 2 is 1.71 bits per heavy atom. The van der Waals surface area contributed by atoms with E-state index in [2.05, 4.69) is 20.5 Å². The molecular formula is C24H25N5O3S3. The number of nitrogens with zero attached hydrogens (tertiary/aromatic N) is 4. The predicted octanol–water partition coefficient (Wildman–Crippen LogP) is 4.82. The molecule has 1 amide bonds. The second-order valence-electron chi connectivity index (χ2n) is 7.81. The minimum atomic E-state index is -3.64. The summed E-state index contributed by atoms with van der Waals surface area (Å²) in [5.74, 6) is -0.226. The molecule has 1 atom stereocenters. The van der Waals surface area contributed by atoms with Gasteiger partial charge >= 0.3 is 0 Å².